The van der Waals surface area contributed by atoms with Crippen LogP contribution in [0, 0.1) is 0 Å². The molecule has 1 aromatic carbocycles. The first kappa shape index (κ1) is 27.1. The zero-order chi connectivity index (χ0) is 28.6. The molecule has 4 heterocycles. The number of aliphatic hydroxyl groups is 1. The van der Waals surface area contributed by atoms with E-state index in [1.54, 1.807) is 39.4 Å². The van der Waals surface area contributed by atoms with E-state index in [-0.39, 0.29) is 11.7 Å². The van der Waals surface area contributed by atoms with Crippen LogP contribution in [-0.4, -0.2) is 58.8 Å². The van der Waals surface area contributed by atoms with Crippen molar-refractivity contribution >= 4 is 34.6 Å². The molecule has 3 aromatic heterocycles. The number of ether oxygens (including phenoxy) is 1. The summed E-state index contributed by atoms with van der Waals surface area (Å²) >= 11 is 0. The van der Waals surface area contributed by atoms with Crippen LogP contribution >= 0.6 is 0 Å². The molecule has 0 saturated carbocycles. The number of anilines is 3. The quantitative estimate of drug-likeness (QED) is 0.308. The van der Waals surface area contributed by atoms with Gasteiger partial charge >= 0.3 is 6.09 Å². The number of fused-ring (bicyclic) bond motifs is 2. The van der Waals surface area contributed by atoms with E-state index in [0.717, 1.165) is 17.7 Å². The average molecular weight is 547 g/mol. The fourth-order valence-corrected chi connectivity index (χ4v) is 4.69. The Balaban J connectivity index is 1.46. The van der Waals surface area contributed by atoms with E-state index >= 15 is 0 Å². The Bertz CT molecular complexity index is 1620. The van der Waals surface area contributed by atoms with Crippen LogP contribution in [0.3, 0.4) is 0 Å². The SMILES string of the molecule is CCn1c(=O)c2cnc(Nc3ccc4c(c3)CN(C(=O)OC(C)(C)C)CC4)nc2n1-c1cccc(NC(C)O)n1. The van der Waals surface area contributed by atoms with Gasteiger partial charge in [0.15, 0.2) is 11.5 Å². The molecule has 1 aliphatic heterocycles. The Kier molecular flexibility index (Phi) is 7.19. The standard InChI is InChI=1S/C28H34N8O4/c1-6-35-25(38)21-15-29-26(33-24(21)36(35)23-9-7-8-22(32-23)30-17(2)37)31-20-11-10-18-12-13-34(16-19(18)14-20)27(39)40-28(3,4)5/h7-11,14-15,17,37H,6,12-13,16H2,1-5H3,(H,30,32)(H,29,31,33). The van der Waals surface area contributed by atoms with Gasteiger partial charge in [-0.15, -0.1) is 0 Å². The van der Waals surface area contributed by atoms with Crippen molar-refractivity contribution in [2.24, 2.45) is 0 Å². The molecular formula is C28H34N8O4. The highest BCUT2D eigenvalue weighted by molar-refractivity contribution is 5.77. The van der Waals surface area contributed by atoms with Gasteiger partial charge in [0.2, 0.25) is 5.95 Å². The second-order valence-corrected chi connectivity index (χ2v) is 10.7. The molecule has 40 heavy (non-hydrogen) atoms. The molecule has 0 aliphatic carbocycles. The van der Waals surface area contributed by atoms with Crippen molar-refractivity contribution in [3.8, 4) is 5.82 Å². The molecule has 1 unspecified atom stereocenters. The predicted octanol–water partition coefficient (Wildman–Crippen LogP) is 3.78. The van der Waals surface area contributed by atoms with Gasteiger partial charge in [0.1, 0.15) is 23.0 Å². The molecule has 12 nitrogen and oxygen atoms in total. The van der Waals surface area contributed by atoms with Crippen molar-refractivity contribution in [3.63, 3.8) is 0 Å². The molecule has 5 rings (SSSR count). The van der Waals surface area contributed by atoms with E-state index in [9.17, 15) is 14.7 Å². The summed E-state index contributed by atoms with van der Waals surface area (Å²) in [6.45, 7) is 10.5. The molecule has 0 fully saturated rings. The van der Waals surface area contributed by atoms with Gasteiger partial charge in [-0.25, -0.2) is 24.1 Å². The third-order valence-electron chi connectivity index (χ3n) is 6.41. The van der Waals surface area contributed by atoms with Crippen LogP contribution in [0.15, 0.2) is 47.4 Å². The normalized spacial score (nSPS) is 14.1. The Labute approximate surface area is 231 Å². The molecule has 210 valence electrons. The fraction of sp³-hybridized carbons (Fsp3) is 0.393. The number of aromatic nitrogens is 5. The zero-order valence-corrected chi connectivity index (χ0v) is 23.3. The fourth-order valence-electron chi connectivity index (χ4n) is 4.69. The Morgan fingerprint density at radius 1 is 1.18 bits per heavy atom. The molecule has 12 heteroatoms. The molecule has 3 N–H and O–H groups in total. The molecule has 4 aromatic rings. The number of carbonyl (C=O) groups excluding carboxylic acids is 1. The van der Waals surface area contributed by atoms with E-state index in [1.807, 2.05) is 45.9 Å². The number of hydrogen-bond donors (Lipinski definition) is 3. The highest BCUT2D eigenvalue weighted by Gasteiger charge is 2.26. The van der Waals surface area contributed by atoms with Gasteiger partial charge in [0.05, 0.1) is 0 Å². The summed E-state index contributed by atoms with van der Waals surface area (Å²) in [5.74, 6) is 1.25. The Morgan fingerprint density at radius 3 is 2.70 bits per heavy atom. The first-order chi connectivity index (χ1) is 19.0. The number of carbonyl (C=O) groups is 1. The Hall–Kier alpha value is -4.45. The zero-order valence-electron chi connectivity index (χ0n) is 23.3. The van der Waals surface area contributed by atoms with Crippen LogP contribution in [0.2, 0.25) is 0 Å². The molecular weight excluding hydrogens is 512 g/mol. The molecule has 0 radical (unpaired) electrons. The van der Waals surface area contributed by atoms with E-state index in [4.69, 9.17) is 4.74 Å². The number of nitrogens with zero attached hydrogens (tertiary/aromatic N) is 6. The van der Waals surface area contributed by atoms with Crippen molar-refractivity contribution in [2.45, 2.75) is 66.0 Å². The number of aliphatic hydroxyl groups excluding tert-OH is 1. The largest absolute Gasteiger partial charge is 0.444 e. The Morgan fingerprint density at radius 2 is 1.98 bits per heavy atom. The third kappa shape index (κ3) is 5.62. The first-order valence-electron chi connectivity index (χ1n) is 13.3. The number of rotatable bonds is 6. The second-order valence-electron chi connectivity index (χ2n) is 10.7. The summed E-state index contributed by atoms with van der Waals surface area (Å²) < 4.78 is 8.75. The van der Waals surface area contributed by atoms with Gasteiger partial charge in [0.25, 0.3) is 5.56 Å². The van der Waals surface area contributed by atoms with Gasteiger partial charge in [-0.2, -0.15) is 4.98 Å². The van der Waals surface area contributed by atoms with Crippen molar-refractivity contribution in [1.82, 2.24) is 29.2 Å². The predicted molar refractivity (Wildman–Crippen MR) is 152 cm³/mol. The van der Waals surface area contributed by atoms with Crippen molar-refractivity contribution in [3.05, 3.63) is 64.1 Å². The summed E-state index contributed by atoms with van der Waals surface area (Å²) in [5.41, 5.74) is 2.57. The minimum Gasteiger partial charge on any atom is -0.444 e. The molecule has 1 aliphatic rings. The van der Waals surface area contributed by atoms with Gasteiger partial charge < -0.3 is 25.4 Å². The molecule has 1 amide bonds. The van der Waals surface area contributed by atoms with Crippen LogP contribution in [-0.2, 0) is 24.2 Å². The minimum atomic E-state index is -0.788. The van der Waals surface area contributed by atoms with E-state index in [1.165, 1.54) is 11.8 Å². The highest BCUT2D eigenvalue weighted by atomic mass is 16.6. The molecule has 0 spiro atoms. The van der Waals surface area contributed by atoms with Crippen LogP contribution in [0.5, 0.6) is 0 Å². The summed E-state index contributed by atoms with van der Waals surface area (Å²) in [6.07, 6.45) is 1.13. The monoisotopic (exact) mass is 546 g/mol. The number of benzene rings is 1. The maximum atomic E-state index is 13.1. The van der Waals surface area contributed by atoms with E-state index in [2.05, 4.69) is 25.6 Å². The van der Waals surface area contributed by atoms with E-state index in [0.29, 0.717) is 48.3 Å². The lowest BCUT2D eigenvalue weighted by molar-refractivity contribution is 0.0224. The average Bonchev–Trinajstić information content (AvgIpc) is 3.17. The molecule has 0 bridgehead atoms. The summed E-state index contributed by atoms with van der Waals surface area (Å²) in [5, 5.41) is 16.2. The maximum absolute atomic E-state index is 13.1. The van der Waals surface area contributed by atoms with Gasteiger partial charge in [-0.1, -0.05) is 12.1 Å². The topological polar surface area (TPSA) is 139 Å². The van der Waals surface area contributed by atoms with Crippen LogP contribution in [0.1, 0.15) is 45.7 Å². The molecule has 0 saturated heterocycles. The number of amides is 1. The van der Waals surface area contributed by atoms with Crippen LogP contribution in [0.4, 0.5) is 22.2 Å². The van der Waals surface area contributed by atoms with Gasteiger partial charge in [0, 0.05) is 31.5 Å². The van der Waals surface area contributed by atoms with Crippen LogP contribution in [0.25, 0.3) is 16.9 Å². The van der Waals surface area contributed by atoms with Crippen molar-refractivity contribution < 1.29 is 14.6 Å². The third-order valence-corrected chi connectivity index (χ3v) is 6.41. The smallest absolute Gasteiger partial charge is 0.410 e. The lowest BCUT2D eigenvalue weighted by Gasteiger charge is -2.31. The first-order valence-corrected chi connectivity index (χ1v) is 13.3. The van der Waals surface area contributed by atoms with Crippen molar-refractivity contribution in [2.75, 3.05) is 17.2 Å². The lowest BCUT2D eigenvalue weighted by atomic mass is 9.99. The highest BCUT2D eigenvalue weighted by Crippen LogP contribution is 2.26. The number of pyridine rings is 1. The van der Waals surface area contributed by atoms with Gasteiger partial charge in [-0.3, -0.25) is 4.79 Å². The van der Waals surface area contributed by atoms with Crippen LogP contribution < -0.4 is 16.2 Å². The lowest BCUT2D eigenvalue weighted by Crippen LogP contribution is -2.39. The van der Waals surface area contributed by atoms with E-state index < -0.39 is 11.8 Å². The van der Waals surface area contributed by atoms with Gasteiger partial charge in [-0.05, 0) is 76.4 Å². The number of hydrogen-bond acceptors (Lipinski definition) is 9. The molecule has 1 atom stereocenters. The minimum absolute atomic E-state index is 0.226. The summed E-state index contributed by atoms with van der Waals surface area (Å²) in [6, 6.07) is 11.3. The number of nitrogens with one attached hydrogen (secondary N) is 2. The van der Waals surface area contributed by atoms with Crippen molar-refractivity contribution in [1.29, 1.82) is 0 Å². The second kappa shape index (κ2) is 10.6. The maximum Gasteiger partial charge on any atom is 0.410 e. The summed E-state index contributed by atoms with van der Waals surface area (Å²) in [7, 11) is 0. The summed E-state index contributed by atoms with van der Waals surface area (Å²) in [4.78, 5) is 41.1.